The van der Waals surface area contributed by atoms with Crippen molar-refractivity contribution in [3.63, 3.8) is 0 Å². The summed E-state index contributed by atoms with van der Waals surface area (Å²) in [5.74, 6) is 1.45. The Hall–Kier alpha value is -1.91. The van der Waals surface area contributed by atoms with E-state index in [2.05, 4.69) is 21.6 Å². The molecule has 1 aromatic carbocycles. The summed E-state index contributed by atoms with van der Waals surface area (Å²) in [5, 5.41) is 11.6. The molecule has 1 saturated carbocycles. The molecule has 1 fully saturated rings. The number of benzene rings is 1. The highest BCUT2D eigenvalue weighted by atomic mass is 15.5. The molecule has 0 spiro atoms. The van der Waals surface area contributed by atoms with Crippen LogP contribution in [0.5, 0.6) is 0 Å². The van der Waals surface area contributed by atoms with Crippen LogP contribution < -0.4 is 5.73 Å². The quantitative estimate of drug-likeness (QED) is 0.767. The number of aromatic nitrogens is 4. The molecule has 1 aliphatic rings. The zero-order chi connectivity index (χ0) is 11.1. The van der Waals surface area contributed by atoms with Gasteiger partial charge in [-0.05, 0) is 46.9 Å². The summed E-state index contributed by atoms with van der Waals surface area (Å²) in [6.45, 7) is 0. The second kappa shape index (κ2) is 3.30. The van der Waals surface area contributed by atoms with Gasteiger partial charge in [-0.15, -0.1) is 5.10 Å². The van der Waals surface area contributed by atoms with E-state index in [-0.39, 0.29) is 0 Å². The Balaban J connectivity index is 2.17. The zero-order valence-electron chi connectivity index (χ0n) is 9.09. The molecule has 1 aromatic heterocycles. The molecule has 1 heterocycles. The molecule has 82 valence electrons. The fourth-order valence-electron chi connectivity index (χ4n) is 1.98. The Morgan fingerprint density at radius 1 is 1.38 bits per heavy atom. The number of hydrogen-bond acceptors (Lipinski definition) is 4. The molecule has 3 rings (SSSR count). The maximum atomic E-state index is 5.83. The van der Waals surface area contributed by atoms with Crippen molar-refractivity contribution in [2.45, 2.75) is 18.8 Å². The number of aryl methyl sites for hydroxylation is 1. The molecule has 16 heavy (non-hydrogen) atoms. The van der Waals surface area contributed by atoms with E-state index in [0.717, 1.165) is 17.1 Å². The number of anilines is 1. The van der Waals surface area contributed by atoms with Gasteiger partial charge in [-0.25, -0.2) is 4.68 Å². The van der Waals surface area contributed by atoms with Crippen LogP contribution in [0.4, 0.5) is 5.69 Å². The molecule has 0 aliphatic heterocycles. The first-order valence-corrected chi connectivity index (χ1v) is 5.38. The second-order valence-electron chi connectivity index (χ2n) is 4.25. The summed E-state index contributed by atoms with van der Waals surface area (Å²) in [6.07, 6.45) is 2.50. The van der Waals surface area contributed by atoms with Crippen LogP contribution >= 0.6 is 0 Å². The van der Waals surface area contributed by atoms with Gasteiger partial charge in [0.05, 0.1) is 0 Å². The summed E-state index contributed by atoms with van der Waals surface area (Å²) in [7, 11) is 1.84. The van der Waals surface area contributed by atoms with E-state index in [1.165, 1.54) is 18.4 Å². The van der Waals surface area contributed by atoms with Crippen LogP contribution in [-0.2, 0) is 7.05 Å². The van der Waals surface area contributed by atoms with E-state index in [1.807, 2.05) is 19.2 Å². The Labute approximate surface area is 93.3 Å². The third-order valence-corrected chi connectivity index (χ3v) is 2.96. The number of nitrogens with two attached hydrogens (primary N) is 1. The third-order valence-electron chi connectivity index (χ3n) is 2.96. The van der Waals surface area contributed by atoms with Gasteiger partial charge in [-0.1, -0.05) is 6.07 Å². The minimum absolute atomic E-state index is 0.660. The molecule has 0 atom stereocenters. The van der Waals surface area contributed by atoms with Crippen LogP contribution in [0, 0.1) is 0 Å². The highest BCUT2D eigenvalue weighted by Gasteiger charge is 2.27. The number of nitrogens with zero attached hydrogens (tertiary/aromatic N) is 4. The van der Waals surface area contributed by atoms with Crippen molar-refractivity contribution < 1.29 is 0 Å². The van der Waals surface area contributed by atoms with Gasteiger partial charge in [0.15, 0.2) is 5.82 Å². The van der Waals surface area contributed by atoms with Gasteiger partial charge in [0.1, 0.15) is 0 Å². The lowest BCUT2D eigenvalue weighted by molar-refractivity contribution is 0.714. The van der Waals surface area contributed by atoms with E-state index < -0.39 is 0 Å². The van der Waals surface area contributed by atoms with Crippen molar-refractivity contribution in [1.29, 1.82) is 0 Å². The normalized spacial score (nSPS) is 15.3. The van der Waals surface area contributed by atoms with Gasteiger partial charge in [-0.2, -0.15) is 0 Å². The fraction of sp³-hybridized carbons (Fsp3) is 0.364. The van der Waals surface area contributed by atoms with Gasteiger partial charge >= 0.3 is 0 Å². The summed E-state index contributed by atoms with van der Waals surface area (Å²) >= 11 is 0. The predicted molar refractivity (Wildman–Crippen MR) is 60.6 cm³/mol. The lowest BCUT2D eigenvalue weighted by atomic mass is 10.0. The summed E-state index contributed by atoms with van der Waals surface area (Å²) in [5.41, 5.74) is 8.96. The number of nitrogen functional groups attached to an aromatic ring is 1. The average molecular weight is 215 g/mol. The van der Waals surface area contributed by atoms with Crippen LogP contribution in [0.3, 0.4) is 0 Å². The molecular weight excluding hydrogens is 202 g/mol. The van der Waals surface area contributed by atoms with Gasteiger partial charge in [-0.3, -0.25) is 0 Å². The lowest BCUT2D eigenvalue weighted by Crippen LogP contribution is -1.98. The van der Waals surface area contributed by atoms with Crippen molar-refractivity contribution in [2.75, 3.05) is 5.73 Å². The molecule has 5 heteroatoms. The third kappa shape index (κ3) is 1.44. The smallest absolute Gasteiger partial charge is 0.182 e. The zero-order valence-corrected chi connectivity index (χ0v) is 9.09. The van der Waals surface area contributed by atoms with E-state index in [1.54, 1.807) is 4.68 Å². The molecule has 0 radical (unpaired) electrons. The summed E-state index contributed by atoms with van der Waals surface area (Å²) < 4.78 is 1.68. The number of rotatable bonds is 2. The van der Waals surface area contributed by atoms with Crippen LogP contribution in [0.15, 0.2) is 18.2 Å². The first kappa shape index (κ1) is 9.33. The highest BCUT2D eigenvalue weighted by Crippen LogP contribution is 2.44. The fourth-order valence-corrected chi connectivity index (χ4v) is 1.98. The van der Waals surface area contributed by atoms with Crippen LogP contribution in [0.2, 0.25) is 0 Å². The molecule has 1 aliphatic carbocycles. The molecule has 2 aromatic rings. The summed E-state index contributed by atoms with van der Waals surface area (Å²) in [4.78, 5) is 0. The van der Waals surface area contributed by atoms with Crippen LogP contribution in [0.25, 0.3) is 11.4 Å². The van der Waals surface area contributed by atoms with E-state index >= 15 is 0 Å². The topological polar surface area (TPSA) is 69.6 Å². The standard InChI is InChI=1S/C11H13N5/c1-16-11(13-14-15-16)10-6-8(12)4-5-9(10)7-2-3-7/h4-7H,2-3,12H2,1H3. The molecule has 0 amide bonds. The van der Waals surface area contributed by atoms with E-state index in [4.69, 9.17) is 5.73 Å². The lowest BCUT2D eigenvalue weighted by Gasteiger charge is -2.07. The van der Waals surface area contributed by atoms with Gasteiger partial charge in [0.25, 0.3) is 0 Å². The molecule has 2 N–H and O–H groups in total. The van der Waals surface area contributed by atoms with Crippen molar-refractivity contribution >= 4 is 5.69 Å². The maximum Gasteiger partial charge on any atom is 0.182 e. The Morgan fingerprint density at radius 3 is 2.81 bits per heavy atom. The number of tetrazole rings is 1. The van der Waals surface area contributed by atoms with Crippen molar-refractivity contribution in [3.05, 3.63) is 23.8 Å². The van der Waals surface area contributed by atoms with Gasteiger partial charge < -0.3 is 5.73 Å². The predicted octanol–water partition coefficient (Wildman–Crippen LogP) is 1.34. The second-order valence-corrected chi connectivity index (χ2v) is 4.25. The Kier molecular flexibility index (Phi) is 1.92. The van der Waals surface area contributed by atoms with Crippen molar-refractivity contribution in [1.82, 2.24) is 20.2 Å². The monoisotopic (exact) mass is 215 g/mol. The maximum absolute atomic E-state index is 5.83. The molecule has 0 unspecified atom stereocenters. The van der Waals surface area contributed by atoms with Crippen LogP contribution in [0.1, 0.15) is 24.3 Å². The molecular formula is C11H13N5. The van der Waals surface area contributed by atoms with Crippen LogP contribution in [-0.4, -0.2) is 20.2 Å². The van der Waals surface area contributed by atoms with Gasteiger partial charge in [0.2, 0.25) is 0 Å². The molecule has 0 bridgehead atoms. The van der Waals surface area contributed by atoms with E-state index in [0.29, 0.717) is 5.92 Å². The number of hydrogen-bond donors (Lipinski definition) is 1. The first-order chi connectivity index (χ1) is 7.75. The Morgan fingerprint density at radius 2 is 2.19 bits per heavy atom. The van der Waals surface area contributed by atoms with E-state index in [9.17, 15) is 0 Å². The molecule has 0 saturated heterocycles. The molecule has 5 nitrogen and oxygen atoms in total. The van der Waals surface area contributed by atoms with Crippen molar-refractivity contribution in [2.24, 2.45) is 7.05 Å². The Bertz CT molecular complexity index is 527. The summed E-state index contributed by atoms with van der Waals surface area (Å²) in [6, 6.07) is 6.00. The average Bonchev–Trinajstić information content (AvgIpc) is 3.01. The highest BCUT2D eigenvalue weighted by molar-refractivity contribution is 5.66. The first-order valence-electron chi connectivity index (χ1n) is 5.38. The van der Waals surface area contributed by atoms with Crippen molar-refractivity contribution in [3.8, 4) is 11.4 Å². The largest absolute Gasteiger partial charge is 0.399 e. The SMILES string of the molecule is Cn1nnnc1-c1cc(N)ccc1C1CC1. The minimum Gasteiger partial charge on any atom is -0.399 e. The minimum atomic E-state index is 0.660. The van der Waals surface area contributed by atoms with Gasteiger partial charge in [0, 0.05) is 18.3 Å².